The zero-order valence-electron chi connectivity index (χ0n) is 15.0. The Kier molecular flexibility index (Phi) is 6.93. The largest absolute Gasteiger partial charge is 0.436 e. The fourth-order valence-corrected chi connectivity index (χ4v) is 3.88. The Morgan fingerprint density at radius 1 is 1.22 bits per heavy atom. The van der Waals surface area contributed by atoms with Gasteiger partial charge in [0.1, 0.15) is 0 Å². The first-order valence-corrected chi connectivity index (χ1v) is 10.3. The van der Waals surface area contributed by atoms with Gasteiger partial charge in [-0.15, -0.1) is 0 Å². The van der Waals surface area contributed by atoms with Crippen molar-refractivity contribution in [3.05, 3.63) is 46.2 Å². The minimum Gasteiger partial charge on any atom is -0.268 e. The number of aryl methyl sites for hydroxylation is 2. The number of alkyl halides is 3. The Morgan fingerprint density at radius 3 is 2.37 bits per heavy atom. The summed E-state index contributed by atoms with van der Waals surface area (Å²) in [6.07, 6.45) is -2.52. The smallest absolute Gasteiger partial charge is 0.268 e. The standard InChI is InChI=1S/C17H21ClF3N3O2S/c1-3-5-13-6-8-14(9-7-13)27(25,26)22-10-4-11-24-12(2)15(18)16(23-24)17(19,20)21/h6-9,22H,3-5,10-11H2,1-2H3. The molecule has 0 amide bonds. The highest BCUT2D eigenvalue weighted by atomic mass is 35.5. The van der Waals surface area contributed by atoms with Crippen molar-refractivity contribution in [1.82, 2.24) is 14.5 Å². The number of hydrogen-bond donors (Lipinski definition) is 1. The summed E-state index contributed by atoms with van der Waals surface area (Å²) in [7, 11) is -3.67. The zero-order chi connectivity index (χ0) is 20.2. The van der Waals surface area contributed by atoms with E-state index in [0.717, 1.165) is 23.1 Å². The number of rotatable bonds is 8. The van der Waals surface area contributed by atoms with Gasteiger partial charge in [-0.2, -0.15) is 18.3 Å². The summed E-state index contributed by atoms with van der Waals surface area (Å²) in [4.78, 5) is 0.153. The fraction of sp³-hybridized carbons (Fsp3) is 0.471. The topological polar surface area (TPSA) is 64.0 Å². The molecule has 0 spiro atoms. The van der Waals surface area contributed by atoms with Gasteiger partial charge in [0, 0.05) is 13.1 Å². The predicted octanol–water partition coefficient (Wildman–Crippen LogP) is 4.18. The molecule has 1 N–H and O–H groups in total. The van der Waals surface area contributed by atoms with E-state index in [1.165, 1.54) is 6.92 Å². The van der Waals surface area contributed by atoms with Crippen LogP contribution in [0.5, 0.6) is 0 Å². The second-order valence-corrected chi connectivity index (χ2v) is 8.26. The molecule has 0 aliphatic rings. The van der Waals surface area contributed by atoms with Crippen LogP contribution >= 0.6 is 11.6 Å². The van der Waals surface area contributed by atoms with Crippen molar-refractivity contribution in [2.24, 2.45) is 0 Å². The van der Waals surface area contributed by atoms with Gasteiger partial charge >= 0.3 is 6.18 Å². The van der Waals surface area contributed by atoms with Gasteiger partial charge in [0.05, 0.1) is 15.6 Å². The number of benzene rings is 1. The molecular formula is C17H21ClF3N3O2S. The molecule has 0 saturated heterocycles. The second-order valence-electron chi connectivity index (χ2n) is 6.11. The average Bonchev–Trinajstić information content (AvgIpc) is 2.88. The van der Waals surface area contributed by atoms with E-state index in [1.54, 1.807) is 24.3 Å². The van der Waals surface area contributed by atoms with Crippen LogP contribution in [0, 0.1) is 6.92 Å². The Balaban J connectivity index is 1.94. The fourth-order valence-electron chi connectivity index (χ4n) is 2.57. The lowest BCUT2D eigenvalue weighted by Crippen LogP contribution is -2.25. The SMILES string of the molecule is CCCc1ccc(S(=O)(=O)NCCCn2nc(C(F)(F)F)c(Cl)c2C)cc1. The summed E-state index contributed by atoms with van der Waals surface area (Å²) in [5.41, 5.74) is 0.121. The molecule has 0 bridgehead atoms. The molecule has 0 unspecified atom stereocenters. The summed E-state index contributed by atoms with van der Waals surface area (Å²) < 4.78 is 66.5. The molecule has 1 aromatic carbocycles. The number of nitrogens with zero attached hydrogens (tertiary/aromatic N) is 2. The number of sulfonamides is 1. The monoisotopic (exact) mass is 423 g/mol. The molecular weight excluding hydrogens is 403 g/mol. The van der Waals surface area contributed by atoms with Crippen molar-refractivity contribution >= 4 is 21.6 Å². The maximum atomic E-state index is 12.8. The van der Waals surface area contributed by atoms with E-state index < -0.39 is 26.9 Å². The molecule has 10 heteroatoms. The molecule has 0 aliphatic heterocycles. The van der Waals surface area contributed by atoms with E-state index in [2.05, 4.69) is 9.82 Å². The lowest BCUT2D eigenvalue weighted by atomic mass is 10.1. The normalized spacial score (nSPS) is 12.5. The van der Waals surface area contributed by atoms with E-state index in [0.29, 0.717) is 0 Å². The van der Waals surface area contributed by atoms with Crippen molar-refractivity contribution in [1.29, 1.82) is 0 Å². The van der Waals surface area contributed by atoms with Crippen LogP contribution in [0.25, 0.3) is 0 Å². The van der Waals surface area contributed by atoms with Crippen LogP contribution in [0.3, 0.4) is 0 Å². The number of nitrogens with one attached hydrogen (secondary N) is 1. The minimum absolute atomic E-state index is 0.0668. The Labute approximate surface area is 161 Å². The molecule has 2 aromatic rings. The first-order valence-electron chi connectivity index (χ1n) is 8.45. The van der Waals surface area contributed by atoms with Crippen LogP contribution in [0.2, 0.25) is 5.02 Å². The van der Waals surface area contributed by atoms with Crippen LogP contribution in [0.15, 0.2) is 29.2 Å². The summed E-state index contributed by atoms with van der Waals surface area (Å²) in [5, 5.41) is 3.05. The number of hydrogen-bond acceptors (Lipinski definition) is 3. The van der Waals surface area contributed by atoms with Crippen molar-refractivity contribution in [3.63, 3.8) is 0 Å². The third-order valence-electron chi connectivity index (χ3n) is 4.01. The highest BCUT2D eigenvalue weighted by Crippen LogP contribution is 2.35. The molecule has 1 heterocycles. The zero-order valence-corrected chi connectivity index (χ0v) is 16.5. The molecule has 1 aromatic heterocycles. The van der Waals surface area contributed by atoms with Gasteiger partial charge in [-0.3, -0.25) is 4.68 Å². The molecule has 0 saturated carbocycles. The van der Waals surface area contributed by atoms with Crippen LogP contribution in [0.4, 0.5) is 13.2 Å². The van der Waals surface area contributed by atoms with E-state index >= 15 is 0 Å². The number of halogens is 4. The van der Waals surface area contributed by atoms with Gasteiger partial charge in [-0.05, 0) is 37.5 Å². The van der Waals surface area contributed by atoms with E-state index in [1.807, 2.05) is 6.92 Å². The van der Waals surface area contributed by atoms with Crippen LogP contribution < -0.4 is 4.72 Å². The van der Waals surface area contributed by atoms with Crippen molar-refractivity contribution < 1.29 is 21.6 Å². The molecule has 150 valence electrons. The molecule has 5 nitrogen and oxygen atoms in total. The van der Waals surface area contributed by atoms with Gasteiger partial charge in [0.2, 0.25) is 10.0 Å². The quantitative estimate of drug-likeness (QED) is 0.647. The predicted molar refractivity (Wildman–Crippen MR) is 97.2 cm³/mol. The molecule has 2 rings (SSSR count). The lowest BCUT2D eigenvalue weighted by Gasteiger charge is -2.08. The van der Waals surface area contributed by atoms with Gasteiger partial charge in [0.15, 0.2) is 5.69 Å². The Bertz CT molecular complexity index is 878. The van der Waals surface area contributed by atoms with Gasteiger partial charge < -0.3 is 0 Å². The van der Waals surface area contributed by atoms with Crippen molar-refractivity contribution in [2.45, 2.75) is 50.7 Å². The van der Waals surface area contributed by atoms with E-state index in [-0.39, 0.29) is 30.1 Å². The first-order chi connectivity index (χ1) is 12.6. The molecule has 0 radical (unpaired) electrons. The van der Waals surface area contributed by atoms with Crippen LogP contribution in [-0.4, -0.2) is 24.7 Å². The third kappa shape index (κ3) is 5.46. The molecule has 0 aliphatic carbocycles. The Hall–Kier alpha value is -1.58. The number of aromatic nitrogens is 2. The van der Waals surface area contributed by atoms with E-state index in [9.17, 15) is 21.6 Å². The van der Waals surface area contributed by atoms with Gasteiger partial charge in [0.25, 0.3) is 0 Å². The summed E-state index contributed by atoms with van der Waals surface area (Å²) in [6.45, 7) is 3.65. The first kappa shape index (κ1) is 21.7. The van der Waals surface area contributed by atoms with Gasteiger partial charge in [-0.1, -0.05) is 37.1 Å². The second kappa shape index (κ2) is 8.62. The van der Waals surface area contributed by atoms with Crippen LogP contribution in [-0.2, 0) is 29.2 Å². The highest BCUT2D eigenvalue weighted by molar-refractivity contribution is 7.89. The maximum absolute atomic E-state index is 12.8. The summed E-state index contributed by atoms with van der Waals surface area (Å²) >= 11 is 5.68. The lowest BCUT2D eigenvalue weighted by molar-refractivity contribution is -0.141. The third-order valence-corrected chi connectivity index (χ3v) is 5.94. The average molecular weight is 424 g/mol. The molecule has 0 fully saturated rings. The van der Waals surface area contributed by atoms with E-state index in [4.69, 9.17) is 11.6 Å². The summed E-state index contributed by atoms with van der Waals surface area (Å²) in [6, 6.07) is 6.62. The molecule has 0 atom stereocenters. The summed E-state index contributed by atoms with van der Waals surface area (Å²) in [5.74, 6) is 0. The van der Waals surface area contributed by atoms with Crippen molar-refractivity contribution in [2.75, 3.05) is 6.54 Å². The Morgan fingerprint density at radius 2 is 1.85 bits per heavy atom. The molecule has 27 heavy (non-hydrogen) atoms. The highest BCUT2D eigenvalue weighted by Gasteiger charge is 2.38. The van der Waals surface area contributed by atoms with Crippen LogP contribution in [0.1, 0.15) is 36.7 Å². The maximum Gasteiger partial charge on any atom is 0.436 e. The minimum atomic E-state index is -4.63. The van der Waals surface area contributed by atoms with Gasteiger partial charge in [-0.25, -0.2) is 13.1 Å². The van der Waals surface area contributed by atoms with Crippen molar-refractivity contribution in [3.8, 4) is 0 Å².